The Bertz CT molecular complexity index is 757. The summed E-state index contributed by atoms with van der Waals surface area (Å²) < 4.78 is 23.2. The van der Waals surface area contributed by atoms with Gasteiger partial charge in [0, 0.05) is 5.02 Å². The monoisotopic (exact) mass is 390 g/mol. The van der Waals surface area contributed by atoms with Crippen molar-refractivity contribution in [1.82, 2.24) is 0 Å². The molecule has 2 aromatic carbocycles. The van der Waals surface area contributed by atoms with Gasteiger partial charge in [0.15, 0.2) is 17.3 Å². The van der Waals surface area contributed by atoms with Crippen molar-refractivity contribution in [2.45, 2.75) is 12.8 Å². The molecule has 0 saturated heterocycles. The summed E-state index contributed by atoms with van der Waals surface area (Å²) in [7, 11) is 0. The van der Waals surface area contributed by atoms with Crippen molar-refractivity contribution in [3.05, 3.63) is 57.3 Å². The standard InChI is InChI=1S/C16H10Cl3FO4/c17-9-7-10(18)16(11(19)8-9)24-15(22)6-5-14(21)23-13-4-2-1-3-12(13)20/h1-4,7-8H,5-6H2. The first-order chi connectivity index (χ1) is 11.4. The Hall–Kier alpha value is -1.82. The quantitative estimate of drug-likeness (QED) is 0.527. The number of carbonyl (C=O) groups is 2. The second kappa shape index (κ2) is 8.33. The largest absolute Gasteiger partial charge is 0.423 e. The average Bonchev–Trinajstić information content (AvgIpc) is 2.51. The second-order valence-corrected chi connectivity index (χ2v) is 5.83. The van der Waals surface area contributed by atoms with Crippen molar-refractivity contribution in [3.8, 4) is 11.5 Å². The minimum atomic E-state index is -0.773. The minimum Gasteiger partial charge on any atom is -0.423 e. The highest BCUT2D eigenvalue weighted by molar-refractivity contribution is 6.40. The van der Waals surface area contributed by atoms with Gasteiger partial charge in [0.05, 0.1) is 22.9 Å². The zero-order valence-electron chi connectivity index (χ0n) is 12.0. The third kappa shape index (κ3) is 5.09. The topological polar surface area (TPSA) is 52.6 Å². The SMILES string of the molecule is O=C(CCC(=O)Oc1c(Cl)cc(Cl)cc1Cl)Oc1ccccc1F. The van der Waals surface area contributed by atoms with E-state index in [4.69, 9.17) is 44.3 Å². The summed E-state index contributed by atoms with van der Waals surface area (Å²) in [6.07, 6.45) is -0.585. The van der Waals surface area contributed by atoms with Crippen molar-refractivity contribution < 1.29 is 23.5 Å². The highest BCUT2D eigenvalue weighted by atomic mass is 35.5. The van der Waals surface area contributed by atoms with Crippen molar-refractivity contribution in [2.24, 2.45) is 0 Å². The van der Waals surface area contributed by atoms with E-state index in [9.17, 15) is 14.0 Å². The lowest BCUT2D eigenvalue weighted by atomic mass is 10.3. The van der Waals surface area contributed by atoms with Crippen LogP contribution in [0.15, 0.2) is 36.4 Å². The number of ether oxygens (including phenoxy) is 2. The zero-order valence-corrected chi connectivity index (χ0v) is 14.3. The van der Waals surface area contributed by atoms with Crippen LogP contribution in [-0.4, -0.2) is 11.9 Å². The molecule has 4 nitrogen and oxygen atoms in total. The second-order valence-electron chi connectivity index (χ2n) is 4.58. The summed E-state index contributed by atoms with van der Waals surface area (Å²) in [5, 5.41) is 0.419. The molecule has 2 aromatic rings. The van der Waals surface area contributed by atoms with Gasteiger partial charge in [-0.05, 0) is 24.3 Å². The van der Waals surface area contributed by atoms with Crippen LogP contribution >= 0.6 is 34.8 Å². The Morgan fingerprint density at radius 1 is 0.917 bits per heavy atom. The van der Waals surface area contributed by atoms with E-state index >= 15 is 0 Å². The van der Waals surface area contributed by atoms with Crippen LogP contribution in [0.3, 0.4) is 0 Å². The third-order valence-electron chi connectivity index (χ3n) is 2.77. The predicted octanol–water partition coefficient (Wildman–Crippen LogP) is 5.08. The zero-order chi connectivity index (χ0) is 17.7. The van der Waals surface area contributed by atoms with Gasteiger partial charge in [-0.25, -0.2) is 4.39 Å². The molecule has 0 atom stereocenters. The first-order valence-electron chi connectivity index (χ1n) is 6.67. The number of hydrogen-bond acceptors (Lipinski definition) is 4. The summed E-state index contributed by atoms with van der Waals surface area (Å²) in [4.78, 5) is 23.4. The van der Waals surface area contributed by atoms with Crippen molar-refractivity contribution in [2.75, 3.05) is 0 Å². The normalized spacial score (nSPS) is 10.3. The molecule has 0 heterocycles. The van der Waals surface area contributed by atoms with Crippen LogP contribution < -0.4 is 9.47 Å². The van der Waals surface area contributed by atoms with Gasteiger partial charge < -0.3 is 9.47 Å². The Balaban J connectivity index is 1.90. The Morgan fingerprint density at radius 2 is 1.46 bits per heavy atom. The number of benzene rings is 2. The molecule has 0 fully saturated rings. The number of para-hydroxylation sites is 1. The van der Waals surface area contributed by atoms with Crippen LogP contribution in [0.25, 0.3) is 0 Å². The molecule has 126 valence electrons. The Kier molecular flexibility index (Phi) is 6.43. The number of carbonyl (C=O) groups excluding carboxylic acids is 2. The lowest BCUT2D eigenvalue weighted by Crippen LogP contribution is -2.14. The summed E-state index contributed by atoms with van der Waals surface area (Å²) in [5.41, 5.74) is 0. The van der Waals surface area contributed by atoms with Crippen molar-refractivity contribution in [3.63, 3.8) is 0 Å². The van der Waals surface area contributed by atoms with Crippen molar-refractivity contribution in [1.29, 1.82) is 0 Å². The number of rotatable bonds is 5. The average molecular weight is 392 g/mol. The van der Waals surface area contributed by atoms with Gasteiger partial charge in [0.1, 0.15) is 0 Å². The van der Waals surface area contributed by atoms with E-state index in [1.165, 1.54) is 30.3 Å². The fourth-order valence-corrected chi connectivity index (χ4v) is 2.59. The maximum atomic E-state index is 13.3. The van der Waals surface area contributed by atoms with E-state index in [-0.39, 0.29) is 34.4 Å². The van der Waals surface area contributed by atoms with Crippen LogP contribution in [0.5, 0.6) is 11.5 Å². The molecule has 0 unspecified atom stereocenters. The van der Waals surface area contributed by atoms with Crippen LogP contribution in [0.1, 0.15) is 12.8 Å². The van der Waals surface area contributed by atoms with Gasteiger partial charge in [-0.15, -0.1) is 0 Å². The van der Waals surface area contributed by atoms with Crippen LogP contribution in [0.2, 0.25) is 15.1 Å². The molecular formula is C16H10Cl3FO4. The molecule has 0 N–H and O–H groups in total. The number of hydrogen-bond donors (Lipinski definition) is 0. The summed E-state index contributed by atoms with van der Waals surface area (Å²) in [5.74, 6) is -2.44. The maximum Gasteiger partial charge on any atom is 0.311 e. The molecular weight excluding hydrogens is 382 g/mol. The molecule has 0 aliphatic heterocycles. The predicted molar refractivity (Wildman–Crippen MR) is 88.4 cm³/mol. The molecule has 2 rings (SSSR count). The lowest BCUT2D eigenvalue weighted by Gasteiger charge is -2.09. The first-order valence-corrected chi connectivity index (χ1v) is 7.80. The fraction of sp³-hybridized carbons (Fsp3) is 0.125. The molecule has 24 heavy (non-hydrogen) atoms. The third-order valence-corrected chi connectivity index (χ3v) is 3.55. The molecule has 0 radical (unpaired) electrons. The Morgan fingerprint density at radius 3 is 2.04 bits per heavy atom. The molecule has 8 heteroatoms. The van der Waals surface area contributed by atoms with Crippen LogP contribution in [0, 0.1) is 5.82 Å². The van der Waals surface area contributed by atoms with Crippen LogP contribution in [0.4, 0.5) is 4.39 Å². The molecule has 0 spiro atoms. The highest BCUT2D eigenvalue weighted by Gasteiger charge is 2.16. The van der Waals surface area contributed by atoms with Gasteiger partial charge in [0.2, 0.25) is 0 Å². The minimum absolute atomic E-state index is 0.0461. The number of halogens is 4. The maximum absolute atomic E-state index is 13.3. The lowest BCUT2D eigenvalue weighted by molar-refractivity contribution is -0.140. The van der Waals surface area contributed by atoms with E-state index in [1.807, 2.05) is 0 Å². The molecule has 0 bridgehead atoms. The molecule has 0 saturated carbocycles. The molecule has 0 aliphatic carbocycles. The number of esters is 2. The first kappa shape index (κ1) is 18.5. The highest BCUT2D eigenvalue weighted by Crippen LogP contribution is 2.36. The van der Waals surface area contributed by atoms with E-state index in [0.29, 0.717) is 5.02 Å². The summed E-state index contributed by atoms with van der Waals surface area (Å²) >= 11 is 17.5. The van der Waals surface area contributed by atoms with E-state index in [1.54, 1.807) is 0 Å². The van der Waals surface area contributed by atoms with Crippen LogP contribution in [-0.2, 0) is 9.59 Å². The smallest absolute Gasteiger partial charge is 0.311 e. The summed E-state index contributed by atoms with van der Waals surface area (Å²) in [6, 6.07) is 8.17. The van der Waals surface area contributed by atoms with Gasteiger partial charge in [0.25, 0.3) is 0 Å². The van der Waals surface area contributed by atoms with E-state index < -0.39 is 17.8 Å². The fourth-order valence-electron chi connectivity index (χ4n) is 1.70. The Labute approximate surface area is 152 Å². The molecule has 0 aromatic heterocycles. The van der Waals surface area contributed by atoms with E-state index in [2.05, 4.69) is 0 Å². The molecule has 0 amide bonds. The van der Waals surface area contributed by atoms with Gasteiger partial charge in [-0.1, -0.05) is 46.9 Å². The summed E-state index contributed by atoms with van der Waals surface area (Å²) in [6.45, 7) is 0. The van der Waals surface area contributed by atoms with Gasteiger partial charge in [-0.3, -0.25) is 9.59 Å². The molecule has 0 aliphatic rings. The van der Waals surface area contributed by atoms with Gasteiger partial charge >= 0.3 is 11.9 Å². The van der Waals surface area contributed by atoms with Gasteiger partial charge in [-0.2, -0.15) is 0 Å². The van der Waals surface area contributed by atoms with Crippen molar-refractivity contribution >= 4 is 46.7 Å². The van der Waals surface area contributed by atoms with E-state index in [0.717, 1.165) is 6.07 Å².